The van der Waals surface area contributed by atoms with E-state index in [-0.39, 0.29) is 12.5 Å². The molecule has 6 nitrogen and oxygen atoms in total. The van der Waals surface area contributed by atoms with Crippen molar-refractivity contribution in [2.24, 2.45) is 5.73 Å². The number of benzene rings is 1. The molecule has 0 radical (unpaired) electrons. The summed E-state index contributed by atoms with van der Waals surface area (Å²) in [5.41, 5.74) is 6.70. The van der Waals surface area contributed by atoms with Crippen LogP contribution in [0.25, 0.3) is 0 Å². The quantitative estimate of drug-likeness (QED) is 0.831. The summed E-state index contributed by atoms with van der Waals surface area (Å²) in [7, 11) is 3.66. The van der Waals surface area contributed by atoms with E-state index in [0.29, 0.717) is 17.1 Å². The first-order valence-electron chi connectivity index (χ1n) is 7.50. The van der Waals surface area contributed by atoms with Gasteiger partial charge in [0.15, 0.2) is 11.5 Å². The molecular weight excluding hydrogens is 284 g/mol. The minimum absolute atomic E-state index is 0.100. The number of aliphatic carboxylic acids is 1. The van der Waals surface area contributed by atoms with Crippen LogP contribution in [0.15, 0.2) is 18.2 Å². The Morgan fingerprint density at radius 1 is 1.45 bits per heavy atom. The Labute approximate surface area is 130 Å². The topological polar surface area (TPSA) is 85.0 Å². The molecule has 2 rings (SSSR count). The highest BCUT2D eigenvalue weighted by Crippen LogP contribution is 2.36. The van der Waals surface area contributed by atoms with E-state index in [1.54, 1.807) is 25.3 Å². The Kier molecular flexibility index (Phi) is 5.63. The van der Waals surface area contributed by atoms with Gasteiger partial charge in [0.1, 0.15) is 6.10 Å². The van der Waals surface area contributed by atoms with Gasteiger partial charge in [0.25, 0.3) is 0 Å². The number of nitrogens with zero attached hydrogens (tertiary/aromatic N) is 1. The molecule has 1 heterocycles. The van der Waals surface area contributed by atoms with E-state index in [9.17, 15) is 4.79 Å². The van der Waals surface area contributed by atoms with Crippen LogP contribution in [0.1, 0.15) is 30.9 Å². The molecule has 1 unspecified atom stereocenters. The lowest BCUT2D eigenvalue weighted by molar-refractivity contribution is -0.137. The molecule has 1 atom stereocenters. The van der Waals surface area contributed by atoms with E-state index in [1.165, 1.54) is 0 Å². The van der Waals surface area contributed by atoms with Crippen LogP contribution in [0.2, 0.25) is 0 Å². The molecule has 0 amide bonds. The van der Waals surface area contributed by atoms with Crippen LogP contribution >= 0.6 is 0 Å². The van der Waals surface area contributed by atoms with Crippen molar-refractivity contribution in [2.75, 3.05) is 27.2 Å². The third-order valence-corrected chi connectivity index (χ3v) is 3.97. The summed E-state index contributed by atoms with van der Waals surface area (Å²) in [5.74, 6) is 0.242. The zero-order valence-electron chi connectivity index (χ0n) is 13.1. The van der Waals surface area contributed by atoms with Gasteiger partial charge in [0.2, 0.25) is 0 Å². The van der Waals surface area contributed by atoms with E-state index in [2.05, 4.69) is 11.9 Å². The smallest absolute Gasteiger partial charge is 0.305 e. The van der Waals surface area contributed by atoms with Crippen LogP contribution in [-0.4, -0.2) is 49.3 Å². The van der Waals surface area contributed by atoms with Crippen molar-refractivity contribution in [3.63, 3.8) is 0 Å². The van der Waals surface area contributed by atoms with Gasteiger partial charge in [-0.1, -0.05) is 12.1 Å². The van der Waals surface area contributed by atoms with Crippen molar-refractivity contribution in [1.82, 2.24) is 4.90 Å². The molecule has 122 valence electrons. The van der Waals surface area contributed by atoms with Crippen LogP contribution in [0.3, 0.4) is 0 Å². The first-order chi connectivity index (χ1) is 10.5. The third kappa shape index (κ3) is 4.11. The Bertz CT molecular complexity index is 513. The lowest BCUT2D eigenvalue weighted by atomic mass is 10.0. The molecule has 1 saturated heterocycles. The molecule has 1 aromatic carbocycles. The lowest BCUT2D eigenvalue weighted by Gasteiger charge is -2.30. The fourth-order valence-corrected chi connectivity index (χ4v) is 2.68. The fraction of sp³-hybridized carbons (Fsp3) is 0.562. The number of carboxylic acids is 1. The van der Waals surface area contributed by atoms with Crippen molar-refractivity contribution >= 4 is 5.97 Å². The molecule has 22 heavy (non-hydrogen) atoms. The van der Waals surface area contributed by atoms with Crippen molar-refractivity contribution < 1.29 is 19.4 Å². The van der Waals surface area contributed by atoms with Crippen LogP contribution in [0.4, 0.5) is 0 Å². The van der Waals surface area contributed by atoms with Gasteiger partial charge >= 0.3 is 5.97 Å². The first kappa shape index (κ1) is 16.6. The molecule has 3 N–H and O–H groups in total. The van der Waals surface area contributed by atoms with E-state index in [4.69, 9.17) is 20.3 Å². The summed E-state index contributed by atoms with van der Waals surface area (Å²) in [5, 5.41) is 8.96. The van der Waals surface area contributed by atoms with Gasteiger partial charge in [-0.05, 0) is 26.0 Å². The molecule has 1 aromatic rings. The number of rotatable bonds is 6. The van der Waals surface area contributed by atoms with E-state index in [0.717, 1.165) is 25.9 Å². The van der Waals surface area contributed by atoms with Crippen molar-refractivity contribution in [3.8, 4) is 11.5 Å². The second-order valence-corrected chi connectivity index (χ2v) is 5.70. The summed E-state index contributed by atoms with van der Waals surface area (Å²) in [6, 6.07) is 4.80. The van der Waals surface area contributed by atoms with Crippen molar-refractivity contribution in [1.29, 1.82) is 0 Å². The van der Waals surface area contributed by atoms with E-state index >= 15 is 0 Å². The number of hydrogen-bond donors (Lipinski definition) is 2. The number of carboxylic acid groups (broad SMARTS) is 1. The highest BCUT2D eigenvalue weighted by atomic mass is 16.5. The molecule has 0 spiro atoms. The average Bonchev–Trinajstić information content (AvgIpc) is 2.49. The predicted molar refractivity (Wildman–Crippen MR) is 83.3 cm³/mol. The molecular formula is C16H24N2O4. The zero-order valence-corrected chi connectivity index (χ0v) is 13.1. The summed E-state index contributed by atoms with van der Waals surface area (Å²) >= 11 is 0. The number of ether oxygens (including phenoxy) is 2. The highest BCUT2D eigenvalue weighted by Gasteiger charge is 2.24. The standard InChI is InChI=1S/C16H24N2O4/c1-18-8-6-11(7-9-18)22-16-12(13(17)10-15(19)20)4-3-5-14(16)21-2/h3-5,11,13H,6-10,17H2,1-2H3,(H,19,20). The summed E-state index contributed by atoms with van der Waals surface area (Å²) < 4.78 is 11.5. The van der Waals surface area contributed by atoms with Gasteiger partial charge in [-0.15, -0.1) is 0 Å². The number of nitrogens with two attached hydrogens (primary N) is 1. The summed E-state index contributed by atoms with van der Waals surface area (Å²) in [4.78, 5) is 13.2. The molecule has 0 bridgehead atoms. The van der Waals surface area contributed by atoms with Crippen LogP contribution in [-0.2, 0) is 4.79 Å². The summed E-state index contributed by atoms with van der Waals surface area (Å²) in [6.07, 6.45) is 1.82. The number of likely N-dealkylation sites (tertiary alicyclic amines) is 1. The minimum Gasteiger partial charge on any atom is -0.493 e. The summed E-state index contributed by atoms with van der Waals surface area (Å²) in [6.45, 7) is 1.96. The SMILES string of the molecule is COc1cccc(C(N)CC(=O)O)c1OC1CCN(C)CC1. The Morgan fingerprint density at radius 2 is 2.14 bits per heavy atom. The van der Waals surface area contributed by atoms with Crippen molar-refractivity contribution in [2.45, 2.75) is 31.4 Å². The number of para-hydroxylation sites is 1. The Morgan fingerprint density at radius 3 is 2.73 bits per heavy atom. The van der Waals surface area contributed by atoms with Crippen LogP contribution < -0.4 is 15.2 Å². The van der Waals surface area contributed by atoms with E-state index < -0.39 is 12.0 Å². The van der Waals surface area contributed by atoms with Gasteiger partial charge in [-0.3, -0.25) is 4.79 Å². The van der Waals surface area contributed by atoms with Crippen LogP contribution in [0, 0.1) is 0 Å². The minimum atomic E-state index is -0.930. The molecule has 1 aliphatic rings. The Balaban J connectivity index is 2.21. The maximum Gasteiger partial charge on any atom is 0.305 e. The molecule has 0 aromatic heterocycles. The lowest BCUT2D eigenvalue weighted by Crippen LogP contribution is -2.36. The molecule has 6 heteroatoms. The molecule has 1 aliphatic heterocycles. The number of methoxy groups -OCH3 is 1. The molecule has 1 fully saturated rings. The molecule has 0 saturated carbocycles. The number of carbonyl (C=O) groups is 1. The van der Waals surface area contributed by atoms with Gasteiger partial charge in [0.05, 0.1) is 13.5 Å². The number of hydrogen-bond acceptors (Lipinski definition) is 5. The highest BCUT2D eigenvalue weighted by molar-refractivity contribution is 5.68. The normalized spacial score (nSPS) is 18.0. The second-order valence-electron chi connectivity index (χ2n) is 5.70. The zero-order chi connectivity index (χ0) is 16.1. The van der Waals surface area contributed by atoms with Crippen molar-refractivity contribution in [3.05, 3.63) is 23.8 Å². The van der Waals surface area contributed by atoms with Crippen LogP contribution in [0.5, 0.6) is 11.5 Å². The molecule has 0 aliphatic carbocycles. The monoisotopic (exact) mass is 308 g/mol. The van der Waals surface area contributed by atoms with Gasteiger partial charge in [-0.25, -0.2) is 0 Å². The maximum atomic E-state index is 10.9. The number of piperidine rings is 1. The van der Waals surface area contributed by atoms with Gasteiger partial charge in [-0.2, -0.15) is 0 Å². The largest absolute Gasteiger partial charge is 0.493 e. The van der Waals surface area contributed by atoms with E-state index in [1.807, 2.05) is 0 Å². The van der Waals surface area contributed by atoms with Gasteiger partial charge in [0, 0.05) is 24.7 Å². The predicted octanol–water partition coefficient (Wildman–Crippen LogP) is 1.64. The Hall–Kier alpha value is -1.79. The first-order valence-corrected chi connectivity index (χ1v) is 7.50. The second kappa shape index (κ2) is 7.47. The third-order valence-electron chi connectivity index (χ3n) is 3.97. The fourth-order valence-electron chi connectivity index (χ4n) is 2.68. The van der Waals surface area contributed by atoms with Gasteiger partial charge < -0.3 is 25.2 Å². The average molecular weight is 308 g/mol. The maximum absolute atomic E-state index is 10.9.